The fraction of sp³-hybridized carbons (Fsp3) is 0.857. The molecule has 0 atom stereocenters. The molecule has 6 nitrogen and oxygen atoms in total. The lowest BCUT2D eigenvalue weighted by Gasteiger charge is -2.37. The quantitative estimate of drug-likeness (QED) is 0.855. The summed E-state index contributed by atoms with van der Waals surface area (Å²) in [7, 11) is 0. The lowest BCUT2D eigenvalue weighted by Crippen LogP contribution is -2.42. The molecule has 0 unspecified atom stereocenters. The van der Waals surface area contributed by atoms with Crippen LogP contribution in [0.3, 0.4) is 0 Å². The van der Waals surface area contributed by atoms with E-state index in [1.165, 1.54) is 25.7 Å². The van der Waals surface area contributed by atoms with Gasteiger partial charge in [-0.25, -0.2) is 4.68 Å². The molecule has 0 bridgehead atoms. The van der Waals surface area contributed by atoms with Crippen LogP contribution in [0.4, 0.5) is 0 Å². The van der Waals surface area contributed by atoms with E-state index in [0.29, 0.717) is 12.5 Å². The van der Waals surface area contributed by atoms with Crippen LogP contribution < -0.4 is 0 Å². The molecule has 0 radical (unpaired) electrons. The number of hydrogen-bond acceptors (Lipinski definition) is 4. The van der Waals surface area contributed by atoms with E-state index in [2.05, 4.69) is 15.5 Å². The van der Waals surface area contributed by atoms with E-state index in [0.717, 1.165) is 37.9 Å². The van der Waals surface area contributed by atoms with Gasteiger partial charge in [0.15, 0.2) is 5.82 Å². The SMILES string of the molecule is O=C(O)C1(Cn2nnnc2C2CCCCCC2)CCC1. The van der Waals surface area contributed by atoms with Crippen molar-refractivity contribution in [2.75, 3.05) is 0 Å². The second kappa shape index (κ2) is 5.50. The summed E-state index contributed by atoms with van der Waals surface area (Å²) in [6, 6.07) is 0. The van der Waals surface area contributed by atoms with Crippen molar-refractivity contribution in [3.8, 4) is 0 Å². The van der Waals surface area contributed by atoms with Gasteiger partial charge in [0.1, 0.15) is 0 Å². The van der Waals surface area contributed by atoms with Crippen LogP contribution in [-0.4, -0.2) is 31.3 Å². The maximum atomic E-state index is 11.5. The zero-order valence-corrected chi connectivity index (χ0v) is 11.8. The lowest BCUT2D eigenvalue weighted by atomic mass is 9.69. The van der Waals surface area contributed by atoms with Crippen LogP contribution in [0, 0.1) is 5.41 Å². The van der Waals surface area contributed by atoms with Crippen molar-refractivity contribution in [3.05, 3.63) is 5.82 Å². The molecule has 20 heavy (non-hydrogen) atoms. The monoisotopic (exact) mass is 278 g/mol. The van der Waals surface area contributed by atoms with Crippen molar-refractivity contribution in [3.63, 3.8) is 0 Å². The van der Waals surface area contributed by atoms with Crippen LogP contribution in [0.25, 0.3) is 0 Å². The third kappa shape index (κ3) is 2.43. The second-order valence-electron chi connectivity index (χ2n) is 6.32. The molecule has 2 saturated carbocycles. The van der Waals surface area contributed by atoms with E-state index in [4.69, 9.17) is 0 Å². The number of nitrogens with zero attached hydrogens (tertiary/aromatic N) is 4. The maximum absolute atomic E-state index is 11.5. The molecule has 1 heterocycles. The van der Waals surface area contributed by atoms with Gasteiger partial charge >= 0.3 is 5.97 Å². The molecule has 6 heteroatoms. The van der Waals surface area contributed by atoms with Crippen LogP contribution in [0.2, 0.25) is 0 Å². The summed E-state index contributed by atoms with van der Waals surface area (Å²) < 4.78 is 1.77. The second-order valence-corrected chi connectivity index (χ2v) is 6.32. The first kappa shape index (κ1) is 13.5. The van der Waals surface area contributed by atoms with Crippen molar-refractivity contribution < 1.29 is 9.90 Å². The van der Waals surface area contributed by atoms with Crippen molar-refractivity contribution in [2.45, 2.75) is 70.3 Å². The minimum absolute atomic E-state index is 0.401. The number of tetrazole rings is 1. The predicted molar refractivity (Wildman–Crippen MR) is 72.2 cm³/mol. The molecule has 1 N–H and O–H groups in total. The first-order valence-corrected chi connectivity index (χ1v) is 7.71. The summed E-state index contributed by atoms with van der Waals surface area (Å²) in [4.78, 5) is 11.5. The highest BCUT2D eigenvalue weighted by Gasteiger charge is 2.45. The van der Waals surface area contributed by atoms with Gasteiger partial charge in [-0.1, -0.05) is 32.1 Å². The van der Waals surface area contributed by atoms with E-state index in [1.54, 1.807) is 4.68 Å². The molecule has 2 aliphatic carbocycles. The molecular formula is C14H22N4O2. The maximum Gasteiger partial charge on any atom is 0.311 e. The number of hydrogen-bond donors (Lipinski definition) is 1. The largest absolute Gasteiger partial charge is 0.481 e. The van der Waals surface area contributed by atoms with Gasteiger partial charge in [0, 0.05) is 5.92 Å². The molecule has 0 amide bonds. The van der Waals surface area contributed by atoms with Crippen LogP contribution in [-0.2, 0) is 11.3 Å². The summed E-state index contributed by atoms with van der Waals surface area (Å²) in [5, 5.41) is 21.5. The van der Waals surface area contributed by atoms with Crippen molar-refractivity contribution >= 4 is 5.97 Å². The highest BCUT2D eigenvalue weighted by molar-refractivity contribution is 5.75. The topological polar surface area (TPSA) is 80.9 Å². The molecule has 0 saturated heterocycles. The number of rotatable bonds is 4. The van der Waals surface area contributed by atoms with Gasteiger partial charge in [0.05, 0.1) is 12.0 Å². The van der Waals surface area contributed by atoms with E-state index in [9.17, 15) is 9.90 Å². The normalized spacial score (nSPS) is 23.0. The number of carbonyl (C=O) groups is 1. The minimum atomic E-state index is -0.703. The summed E-state index contributed by atoms with van der Waals surface area (Å²) in [6.45, 7) is 0.432. The molecule has 110 valence electrons. The average Bonchev–Trinajstić information content (AvgIpc) is 2.66. The summed E-state index contributed by atoms with van der Waals surface area (Å²) >= 11 is 0. The van der Waals surface area contributed by atoms with Gasteiger partial charge in [-0.05, 0) is 36.1 Å². The summed E-state index contributed by atoms with van der Waals surface area (Å²) in [5.41, 5.74) is -0.630. The fourth-order valence-electron chi connectivity index (χ4n) is 3.48. The van der Waals surface area contributed by atoms with Crippen LogP contribution in [0.5, 0.6) is 0 Å². The van der Waals surface area contributed by atoms with Crippen molar-refractivity contribution in [2.24, 2.45) is 5.41 Å². The molecule has 0 aliphatic heterocycles. The highest BCUT2D eigenvalue weighted by atomic mass is 16.4. The minimum Gasteiger partial charge on any atom is -0.481 e. The molecular weight excluding hydrogens is 256 g/mol. The van der Waals surface area contributed by atoms with Gasteiger partial charge in [-0.3, -0.25) is 4.79 Å². The Morgan fingerprint density at radius 3 is 2.45 bits per heavy atom. The van der Waals surface area contributed by atoms with Crippen LogP contribution >= 0.6 is 0 Å². The number of carboxylic acids is 1. The van der Waals surface area contributed by atoms with Gasteiger partial charge in [0.2, 0.25) is 0 Å². The Balaban J connectivity index is 1.77. The van der Waals surface area contributed by atoms with Crippen LogP contribution in [0.1, 0.15) is 69.5 Å². The Hall–Kier alpha value is -1.46. The van der Waals surface area contributed by atoms with E-state index in [1.807, 2.05) is 0 Å². The zero-order chi connectivity index (χ0) is 14.0. The first-order chi connectivity index (χ1) is 9.71. The standard InChI is InChI=1S/C14H22N4O2/c19-13(20)14(8-5-9-14)10-18-12(15-16-17-18)11-6-3-1-2-4-7-11/h11H,1-10H2,(H,19,20). The zero-order valence-electron chi connectivity index (χ0n) is 11.8. The molecule has 0 spiro atoms. The molecule has 1 aromatic rings. The van der Waals surface area contributed by atoms with Crippen molar-refractivity contribution in [1.29, 1.82) is 0 Å². The molecule has 2 fully saturated rings. The van der Waals surface area contributed by atoms with E-state index >= 15 is 0 Å². The molecule has 2 aliphatic rings. The number of aromatic nitrogens is 4. The van der Waals surface area contributed by atoms with Gasteiger partial charge in [0.25, 0.3) is 0 Å². The smallest absolute Gasteiger partial charge is 0.311 e. The summed E-state index contributed by atoms with van der Waals surface area (Å²) in [5.74, 6) is 0.601. The fourth-order valence-corrected chi connectivity index (χ4v) is 3.48. The van der Waals surface area contributed by atoms with E-state index < -0.39 is 11.4 Å². The molecule has 0 aromatic carbocycles. The van der Waals surface area contributed by atoms with Crippen LogP contribution in [0.15, 0.2) is 0 Å². The first-order valence-electron chi connectivity index (χ1n) is 7.71. The molecule has 1 aromatic heterocycles. The highest BCUT2D eigenvalue weighted by Crippen LogP contribution is 2.43. The predicted octanol–water partition coefficient (Wildman–Crippen LogP) is 2.37. The Kier molecular flexibility index (Phi) is 3.72. The number of aliphatic carboxylic acids is 1. The third-order valence-electron chi connectivity index (χ3n) is 5.00. The van der Waals surface area contributed by atoms with Gasteiger partial charge in [-0.15, -0.1) is 5.10 Å². The summed E-state index contributed by atoms with van der Waals surface area (Å²) in [6.07, 6.45) is 9.75. The molecule has 3 rings (SSSR count). The Labute approximate surface area is 118 Å². The Bertz CT molecular complexity index is 473. The third-order valence-corrected chi connectivity index (χ3v) is 5.00. The number of carboxylic acid groups (broad SMARTS) is 1. The van der Waals surface area contributed by atoms with E-state index in [-0.39, 0.29) is 0 Å². The Morgan fingerprint density at radius 1 is 1.20 bits per heavy atom. The van der Waals surface area contributed by atoms with Gasteiger partial charge in [-0.2, -0.15) is 0 Å². The van der Waals surface area contributed by atoms with Crippen molar-refractivity contribution in [1.82, 2.24) is 20.2 Å². The lowest BCUT2D eigenvalue weighted by molar-refractivity contribution is -0.156. The Morgan fingerprint density at radius 2 is 1.90 bits per heavy atom. The average molecular weight is 278 g/mol. The van der Waals surface area contributed by atoms with Gasteiger partial charge < -0.3 is 5.11 Å².